The maximum Gasteiger partial charge on any atom is 0.229 e. The first kappa shape index (κ1) is 11.1. The molecule has 86 valence electrons. The minimum absolute atomic E-state index is 0.0634. The second kappa shape index (κ2) is 4.66. The molecule has 1 aliphatic heterocycles. The molecule has 0 bridgehead atoms. The largest absolute Gasteiger partial charge is 0.341 e. The normalized spacial score (nSPS) is 22.1. The highest BCUT2D eigenvalue weighted by atomic mass is 16.2. The first-order valence-corrected chi connectivity index (χ1v) is 5.78. The monoisotopic (exact) mass is 218 g/mol. The van der Waals surface area contributed by atoms with Crippen LogP contribution in [0.15, 0.2) is 30.3 Å². The average Bonchev–Trinajstić information content (AvgIpc) is 2.75. The summed E-state index contributed by atoms with van der Waals surface area (Å²) in [4.78, 5) is 14.0. The van der Waals surface area contributed by atoms with E-state index in [0.29, 0.717) is 6.54 Å². The summed E-state index contributed by atoms with van der Waals surface area (Å²) in [6, 6.07) is 10.1. The number of carbonyl (C=O) groups is 1. The minimum Gasteiger partial charge on any atom is -0.341 e. The van der Waals surface area contributed by atoms with E-state index in [1.807, 2.05) is 42.2 Å². The topological polar surface area (TPSA) is 46.3 Å². The fourth-order valence-corrected chi connectivity index (χ4v) is 2.15. The lowest BCUT2D eigenvalue weighted by Gasteiger charge is -2.20. The highest BCUT2D eigenvalue weighted by molar-refractivity contribution is 5.83. The third-order valence-electron chi connectivity index (χ3n) is 3.21. The van der Waals surface area contributed by atoms with Crippen LogP contribution in [0, 0.1) is 0 Å². The molecule has 1 heterocycles. The molecule has 3 heteroatoms. The van der Waals surface area contributed by atoms with Crippen molar-refractivity contribution in [2.75, 3.05) is 13.1 Å². The molecule has 0 aliphatic carbocycles. The lowest BCUT2D eigenvalue weighted by atomic mass is 10.00. The number of likely N-dealkylation sites (tertiary alicyclic amines) is 1. The number of hydrogen-bond acceptors (Lipinski definition) is 2. The zero-order valence-electron chi connectivity index (χ0n) is 9.60. The molecule has 0 unspecified atom stereocenters. The van der Waals surface area contributed by atoms with E-state index < -0.39 is 0 Å². The molecule has 0 aromatic heterocycles. The summed E-state index contributed by atoms with van der Waals surface area (Å²) >= 11 is 0. The van der Waals surface area contributed by atoms with E-state index in [1.54, 1.807) is 0 Å². The third-order valence-corrected chi connectivity index (χ3v) is 3.21. The second-order valence-corrected chi connectivity index (χ2v) is 4.47. The van der Waals surface area contributed by atoms with Gasteiger partial charge in [0.25, 0.3) is 0 Å². The Morgan fingerprint density at radius 2 is 2.12 bits per heavy atom. The molecule has 1 amide bonds. The lowest BCUT2D eigenvalue weighted by Crippen LogP contribution is -2.34. The van der Waals surface area contributed by atoms with Crippen LogP contribution < -0.4 is 5.73 Å². The highest BCUT2D eigenvalue weighted by Crippen LogP contribution is 2.20. The molecular formula is C13H18N2O. The predicted octanol–water partition coefficient (Wildman–Crippen LogP) is 1.35. The van der Waals surface area contributed by atoms with Gasteiger partial charge in [0.05, 0.1) is 5.92 Å². The Morgan fingerprint density at radius 1 is 1.44 bits per heavy atom. The lowest BCUT2D eigenvalue weighted by molar-refractivity contribution is -0.131. The third kappa shape index (κ3) is 2.25. The molecule has 1 fully saturated rings. The summed E-state index contributed by atoms with van der Waals surface area (Å²) in [6.07, 6.45) is 0.924. The average molecular weight is 218 g/mol. The van der Waals surface area contributed by atoms with E-state index in [-0.39, 0.29) is 17.9 Å². The number of nitrogens with zero attached hydrogens (tertiary/aromatic N) is 1. The predicted molar refractivity (Wildman–Crippen MR) is 64.0 cm³/mol. The van der Waals surface area contributed by atoms with E-state index in [2.05, 4.69) is 0 Å². The van der Waals surface area contributed by atoms with Crippen molar-refractivity contribution in [1.82, 2.24) is 4.90 Å². The number of benzene rings is 1. The molecule has 2 rings (SSSR count). The summed E-state index contributed by atoms with van der Waals surface area (Å²) in [5.74, 6) is 0.130. The van der Waals surface area contributed by atoms with Gasteiger partial charge in [0.2, 0.25) is 5.91 Å². The summed E-state index contributed by atoms with van der Waals surface area (Å²) in [5, 5.41) is 0. The van der Waals surface area contributed by atoms with Crippen molar-refractivity contribution in [3.05, 3.63) is 35.9 Å². The SMILES string of the molecule is C[C@@H](C(=O)N1CC[C@@H](N)C1)c1ccccc1. The van der Waals surface area contributed by atoms with Crippen molar-refractivity contribution in [2.45, 2.75) is 25.3 Å². The Balaban J connectivity index is 2.05. The molecule has 0 radical (unpaired) electrons. The number of hydrogen-bond donors (Lipinski definition) is 1. The Bertz CT molecular complexity index is 363. The molecule has 16 heavy (non-hydrogen) atoms. The quantitative estimate of drug-likeness (QED) is 0.814. The van der Waals surface area contributed by atoms with Gasteiger partial charge in [-0.1, -0.05) is 30.3 Å². The molecule has 0 spiro atoms. The summed E-state index contributed by atoms with van der Waals surface area (Å²) in [7, 11) is 0. The van der Waals surface area contributed by atoms with Gasteiger partial charge in [0, 0.05) is 19.1 Å². The molecule has 2 N–H and O–H groups in total. The van der Waals surface area contributed by atoms with Gasteiger partial charge in [-0.15, -0.1) is 0 Å². The fourth-order valence-electron chi connectivity index (χ4n) is 2.15. The molecule has 3 nitrogen and oxygen atoms in total. The van der Waals surface area contributed by atoms with Gasteiger partial charge < -0.3 is 10.6 Å². The van der Waals surface area contributed by atoms with Crippen LogP contribution in [0.2, 0.25) is 0 Å². The van der Waals surface area contributed by atoms with Crippen LogP contribution in [0.25, 0.3) is 0 Å². The van der Waals surface area contributed by atoms with Crippen LogP contribution in [0.3, 0.4) is 0 Å². The Hall–Kier alpha value is -1.35. The van der Waals surface area contributed by atoms with Crippen molar-refractivity contribution in [1.29, 1.82) is 0 Å². The van der Waals surface area contributed by atoms with Gasteiger partial charge in [0.15, 0.2) is 0 Å². The van der Waals surface area contributed by atoms with Crippen molar-refractivity contribution >= 4 is 5.91 Å². The molecule has 0 saturated carbocycles. The van der Waals surface area contributed by atoms with E-state index in [1.165, 1.54) is 0 Å². The number of nitrogens with two attached hydrogens (primary N) is 1. The summed E-state index contributed by atoms with van der Waals surface area (Å²) in [6.45, 7) is 3.47. The summed E-state index contributed by atoms with van der Waals surface area (Å²) < 4.78 is 0. The van der Waals surface area contributed by atoms with Crippen molar-refractivity contribution in [3.63, 3.8) is 0 Å². The first-order valence-electron chi connectivity index (χ1n) is 5.78. The fraction of sp³-hybridized carbons (Fsp3) is 0.462. The van der Waals surface area contributed by atoms with Gasteiger partial charge in [-0.25, -0.2) is 0 Å². The standard InChI is InChI=1S/C13H18N2O/c1-10(11-5-3-2-4-6-11)13(16)15-8-7-12(14)9-15/h2-6,10,12H,7-9,14H2,1H3/t10-,12-/m1/s1. The van der Waals surface area contributed by atoms with Gasteiger partial charge in [-0.3, -0.25) is 4.79 Å². The maximum atomic E-state index is 12.2. The van der Waals surface area contributed by atoms with Crippen LogP contribution in [0.5, 0.6) is 0 Å². The van der Waals surface area contributed by atoms with Crippen LogP contribution in [-0.2, 0) is 4.79 Å². The molecule has 2 atom stereocenters. The van der Waals surface area contributed by atoms with Crippen LogP contribution in [-0.4, -0.2) is 29.9 Å². The zero-order chi connectivity index (χ0) is 11.5. The van der Waals surface area contributed by atoms with Crippen molar-refractivity contribution in [2.24, 2.45) is 5.73 Å². The molecule has 1 aliphatic rings. The van der Waals surface area contributed by atoms with Crippen LogP contribution in [0.1, 0.15) is 24.8 Å². The van der Waals surface area contributed by atoms with Gasteiger partial charge in [-0.05, 0) is 18.9 Å². The first-order chi connectivity index (χ1) is 7.68. The Morgan fingerprint density at radius 3 is 2.69 bits per heavy atom. The highest BCUT2D eigenvalue weighted by Gasteiger charge is 2.27. The van der Waals surface area contributed by atoms with E-state index in [4.69, 9.17) is 5.73 Å². The van der Waals surface area contributed by atoms with Gasteiger partial charge in [-0.2, -0.15) is 0 Å². The van der Waals surface area contributed by atoms with E-state index in [9.17, 15) is 4.79 Å². The minimum atomic E-state index is -0.0634. The van der Waals surface area contributed by atoms with E-state index in [0.717, 1.165) is 18.5 Å². The Kier molecular flexibility index (Phi) is 3.25. The van der Waals surface area contributed by atoms with E-state index >= 15 is 0 Å². The van der Waals surface area contributed by atoms with Gasteiger partial charge in [0.1, 0.15) is 0 Å². The van der Waals surface area contributed by atoms with Crippen molar-refractivity contribution < 1.29 is 4.79 Å². The Labute approximate surface area is 96.2 Å². The smallest absolute Gasteiger partial charge is 0.229 e. The van der Waals surface area contributed by atoms with Crippen LogP contribution in [0.4, 0.5) is 0 Å². The molecule has 1 aromatic carbocycles. The zero-order valence-corrected chi connectivity index (χ0v) is 9.60. The molecular weight excluding hydrogens is 200 g/mol. The molecule has 1 saturated heterocycles. The second-order valence-electron chi connectivity index (χ2n) is 4.47. The van der Waals surface area contributed by atoms with Crippen molar-refractivity contribution in [3.8, 4) is 0 Å². The maximum absolute atomic E-state index is 12.2. The number of amides is 1. The number of rotatable bonds is 2. The van der Waals surface area contributed by atoms with Crippen LogP contribution >= 0.6 is 0 Å². The summed E-state index contributed by atoms with van der Waals surface area (Å²) in [5.41, 5.74) is 6.88. The number of carbonyl (C=O) groups excluding carboxylic acids is 1. The molecule has 1 aromatic rings. The van der Waals surface area contributed by atoms with Gasteiger partial charge >= 0.3 is 0 Å².